The van der Waals surface area contributed by atoms with E-state index in [-0.39, 0.29) is 6.61 Å². The molecule has 1 aromatic rings. The normalized spacial score (nSPS) is 31.5. The largest absolute Gasteiger partial charge is 0.393 e. The summed E-state index contributed by atoms with van der Waals surface area (Å²) < 4.78 is 16.4. The van der Waals surface area contributed by atoms with Gasteiger partial charge in [0.15, 0.2) is 6.29 Å². The number of benzene rings is 1. The van der Waals surface area contributed by atoms with Gasteiger partial charge in [-0.3, -0.25) is 0 Å². The second-order valence-electron chi connectivity index (χ2n) is 5.47. The fraction of sp³-hybridized carbons (Fsp3) is 0.600. The van der Waals surface area contributed by atoms with Crippen molar-refractivity contribution in [3.05, 3.63) is 35.9 Å². The standard InChI is InChI=1S/C15H22O6/c1-14(18)12(20-8-11-6-4-3-5-7-11)15(9-16,10-17)21-13(14)19-2/h3-7,12-13,16-18H,8-10H2,1-2H3/t12-,13-,14+/m0/s1. The van der Waals surface area contributed by atoms with Crippen molar-refractivity contribution in [3.63, 3.8) is 0 Å². The first-order chi connectivity index (χ1) is 10.00. The minimum Gasteiger partial charge on any atom is -0.393 e. The maximum absolute atomic E-state index is 10.6. The molecular formula is C15H22O6. The summed E-state index contributed by atoms with van der Waals surface area (Å²) in [5, 5.41) is 29.8. The van der Waals surface area contributed by atoms with E-state index in [4.69, 9.17) is 14.2 Å². The molecule has 1 aliphatic heterocycles. The van der Waals surface area contributed by atoms with Gasteiger partial charge in [-0.15, -0.1) is 0 Å². The third kappa shape index (κ3) is 2.96. The molecule has 6 heteroatoms. The Kier molecular flexibility index (Phi) is 4.98. The number of hydrogen-bond acceptors (Lipinski definition) is 6. The summed E-state index contributed by atoms with van der Waals surface area (Å²) in [6.07, 6.45) is -1.91. The number of aliphatic hydroxyl groups excluding tert-OH is 2. The molecule has 0 unspecified atom stereocenters. The van der Waals surface area contributed by atoms with E-state index in [0.29, 0.717) is 0 Å². The quantitative estimate of drug-likeness (QED) is 0.688. The molecule has 1 heterocycles. The first kappa shape index (κ1) is 16.4. The highest BCUT2D eigenvalue weighted by atomic mass is 16.7. The zero-order valence-corrected chi connectivity index (χ0v) is 12.2. The van der Waals surface area contributed by atoms with Crippen molar-refractivity contribution < 1.29 is 29.5 Å². The highest BCUT2D eigenvalue weighted by Crippen LogP contribution is 2.40. The summed E-state index contributed by atoms with van der Waals surface area (Å²) in [5.41, 5.74) is -1.98. The second kappa shape index (κ2) is 6.39. The molecule has 0 saturated carbocycles. The zero-order chi connectivity index (χ0) is 15.5. The lowest BCUT2D eigenvalue weighted by atomic mass is 9.88. The van der Waals surface area contributed by atoms with Crippen LogP contribution < -0.4 is 0 Å². The summed E-state index contributed by atoms with van der Waals surface area (Å²) >= 11 is 0. The molecule has 2 rings (SSSR count). The van der Waals surface area contributed by atoms with Crippen LogP contribution in [0.25, 0.3) is 0 Å². The Bertz CT molecular complexity index is 443. The maximum Gasteiger partial charge on any atom is 0.189 e. The molecule has 21 heavy (non-hydrogen) atoms. The molecule has 0 aromatic heterocycles. The van der Waals surface area contributed by atoms with Gasteiger partial charge in [0.1, 0.15) is 17.3 Å². The number of hydrogen-bond donors (Lipinski definition) is 3. The van der Waals surface area contributed by atoms with Crippen molar-refractivity contribution in [2.24, 2.45) is 0 Å². The molecule has 1 fully saturated rings. The van der Waals surface area contributed by atoms with Crippen LogP contribution in [0.3, 0.4) is 0 Å². The minimum atomic E-state index is -1.49. The number of rotatable bonds is 6. The molecule has 6 nitrogen and oxygen atoms in total. The van der Waals surface area contributed by atoms with E-state index in [9.17, 15) is 15.3 Å². The lowest BCUT2D eigenvalue weighted by Gasteiger charge is -2.34. The van der Waals surface area contributed by atoms with Gasteiger partial charge in [-0.1, -0.05) is 30.3 Å². The van der Waals surface area contributed by atoms with Crippen molar-refractivity contribution >= 4 is 0 Å². The van der Waals surface area contributed by atoms with Gasteiger partial charge in [0.05, 0.1) is 19.8 Å². The van der Waals surface area contributed by atoms with Crippen LogP contribution in [0.2, 0.25) is 0 Å². The molecule has 3 atom stereocenters. The van der Waals surface area contributed by atoms with Crippen LogP contribution in [0.5, 0.6) is 0 Å². The van der Waals surface area contributed by atoms with Crippen LogP contribution in [0.15, 0.2) is 30.3 Å². The topological polar surface area (TPSA) is 88.4 Å². The lowest BCUT2D eigenvalue weighted by molar-refractivity contribution is -0.212. The van der Waals surface area contributed by atoms with Gasteiger partial charge in [0.2, 0.25) is 0 Å². The Labute approximate surface area is 123 Å². The highest BCUT2D eigenvalue weighted by Gasteiger charge is 2.62. The third-order valence-electron chi connectivity index (χ3n) is 3.84. The summed E-state index contributed by atoms with van der Waals surface area (Å²) in [4.78, 5) is 0. The molecule has 1 aromatic carbocycles. The van der Waals surface area contributed by atoms with Gasteiger partial charge in [-0.2, -0.15) is 0 Å². The third-order valence-corrected chi connectivity index (χ3v) is 3.84. The molecule has 0 spiro atoms. The van der Waals surface area contributed by atoms with Crippen molar-refractivity contribution in [1.29, 1.82) is 0 Å². The van der Waals surface area contributed by atoms with E-state index >= 15 is 0 Å². The fourth-order valence-electron chi connectivity index (χ4n) is 2.70. The SMILES string of the molecule is CO[C@H]1OC(CO)(CO)[C@@H](OCc2ccccc2)[C@@]1(C)O. The van der Waals surface area contributed by atoms with Crippen molar-refractivity contribution in [2.75, 3.05) is 20.3 Å². The molecule has 1 saturated heterocycles. The number of aliphatic hydroxyl groups is 3. The lowest BCUT2D eigenvalue weighted by Crippen LogP contribution is -2.55. The van der Waals surface area contributed by atoms with Gasteiger partial charge in [-0.25, -0.2) is 0 Å². The van der Waals surface area contributed by atoms with Crippen LogP contribution in [0.1, 0.15) is 12.5 Å². The van der Waals surface area contributed by atoms with Crippen LogP contribution in [0, 0.1) is 0 Å². The van der Waals surface area contributed by atoms with Crippen molar-refractivity contribution in [3.8, 4) is 0 Å². The average molecular weight is 298 g/mol. The molecule has 0 bridgehead atoms. The Balaban J connectivity index is 2.19. The molecule has 1 aliphatic rings. The summed E-state index contributed by atoms with van der Waals surface area (Å²) in [7, 11) is 1.39. The Morgan fingerprint density at radius 2 is 1.81 bits per heavy atom. The van der Waals surface area contributed by atoms with Crippen LogP contribution in [0.4, 0.5) is 0 Å². The van der Waals surface area contributed by atoms with E-state index in [2.05, 4.69) is 0 Å². The van der Waals surface area contributed by atoms with E-state index in [1.807, 2.05) is 30.3 Å². The van der Waals surface area contributed by atoms with E-state index < -0.39 is 36.8 Å². The Morgan fingerprint density at radius 1 is 1.19 bits per heavy atom. The van der Waals surface area contributed by atoms with Gasteiger partial charge < -0.3 is 29.5 Å². The predicted octanol–water partition coefficient (Wildman–Crippen LogP) is 0.0489. The van der Waals surface area contributed by atoms with Crippen molar-refractivity contribution in [1.82, 2.24) is 0 Å². The fourth-order valence-corrected chi connectivity index (χ4v) is 2.70. The smallest absolute Gasteiger partial charge is 0.189 e. The second-order valence-corrected chi connectivity index (χ2v) is 5.47. The molecule has 3 N–H and O–H groups in total. The predicted molar refractivity (Wildman–Crippen MR) is 74.4 cm³/mol. The van der Waals surface area contributed by atoms with Gasteiger partial charge >= 0.3 is 0 Å². The van der Waals surface area contributed by atoms with Gasteiger partial charge in [0.25, 0.3) is 0 Å². The monoisotopic (exact) mass is 298 g/mol. The van der Waals surface area contributed by atoms with Gasteiger partial charge in [-0.05, 0) is 12.5 Å². The maximum atomic E-state index is 10.6. The Hall–Kier alpha value is -1.02. The molecule has 0 amide bonds. The van der Waals surface area contributed by atoms with Gasteiger partial charge in [0, 0.05) is 7.11 Å². The first-order valence-corrected chi connectivity index (χ1v) is 6.80. The van der Waals surface area contributed by atoms with Crippen LogP contribution in [-0.2, 0) is 20.8 Å². The summed E-state index contributed by atoms with van der Waals surface area (Å²) in [6, 6.07) is 9.43. The van der Waals surface area contributed by atoms with E-state index in [1.165, 1.54) is 14.0 Å². The molecular weight excluding hydrogens is 276 g/mol. The highest BCUT2D eigenvalue weighted by molar-refractivity contribution is 5.14. The first-order valence-electron chi connectivity index (χ1n) is 6.80. The number of methoxy groups -OCH3 is 1. The van der Waals surface area contributed by atoms with Crippen molar-refractivity contribution in [2.45, 2.75) is 37.1 Å². The van der Waals surface area contributed by atoms with E-state index in [0.717, 1.165) is 5.56 Å². The number of ether oxygens (including phenoxy) is 3. The molecule has 0 aliphatic carbocycles. The van der Waals surface area contributed by atoms with Crippen LogP contribution in [-0.4, -0.2) is 59.2 Å². The summed E-state index contributed by atoms with van der Waals surface area (Å²) in [6.45, 7) is 0.755. The Morgan fingerprint density at radius 3 is 2.33 bits per heavy atom. The average Bonchev–Trinajstić information content (AvgIpc) is 2.73. The summed E-state index contributed by atoms with van der Waals surface area (Å²) in [5.74, 6) is 0. The molecule has 0 radical (unpaired) electrons. The van der Waals surface area contributed by atoms with E-state index in [1.54, 1.807) is 0 Å². The zero-order valence-electron chi connectivity index (χ0n) is 12.2. The molecule has 118 valence electrons. The minimum absolute atomic E-state index is 0.225. The van der Waals surface area contributed by atoms with Crippen LogP contribution >= 0.6 is 0 Å².